The number of nitrogens with one attached hydrogen (secondary N) is 2. The topological polar surface area (TPSA) is 122 Å². The van der Waals surface area contributed by atoms with Crippen LogP contribution in [-0.2, 0) is 37.6 Å². The van der Waals surface area contributed by atoms with Crippen LogP contribution in [0.3, 0.4) is 0 Å². The molecule has 4 amide bonds. The molecule has 3 heterocycles. The lowest BCUT2D eigenvalue weighted by atomic mass is 9.76. The highest BCUT2D eigenvalue weighted by Gasteiger charge is 2.70. The molecule has 4 atom stereocenters. The molecule has 8 nitrogen and oxygen atoms in total. The molecular weight excluding hydrogens is 420 g/mol. The Kier molecular flexibility index (Phi) is 5.05. The summed E-state index contributed by atoms with van der Waals surface area (Å²) >= 11 is 0. The maximum atomic E-state index is 13.7. The summed E-state index contributed by atoms with van der Waals surface area (Å²) in [6.07, 6.45) is 1.14. The smallest absolute Gasteiger partial charge is 0.250 e. The van der Waals surface area contributed by atoms with Crippen molar-refractivity contribution in [3.63, 3.8) is 0 Å². The van der Waals surface area contributed by atoms with Crippen LogP contribution in [0.2, 0.25) is 0 Å². The van der Waals surface area contributed by atoms with Crippen LogP contribution in [0.1, 0.15) is 30.0 Å². The van der Waals surface area contributed by atoms with Gasteiger partial charge in [0.15, 0.2) is 0 Å². The van der Waals surface area contributed by atoms with Crippen molar-refractivity contribution in [1.82, 2.24) is 10.2 Å². The second-order valence-corrected chi connectivity index (χ2v) is 8.98. The highest BCUT2D eigenvalue weighted by molar-refractivity contribution is 6.15. The Morgan fingerprint density at radius 1 is 1.06 bits per heavy atom. The molecule has 2 saturated heterocycles. The number of primary amides is 1. The lowest BCUT2D eigenvalue weighted by Gasteiger charge is -2.29. The van der Waals surface area contributed by atoms with Crippen LogP contribution in [0.5, 0.6) is 0 Å². The van der Waals surface area contributed by atoms with Gasteiger partial charge in [-0.3, -0.25) is 29.4 Å². The first-order chi connectivity index (χ1) is 15.9. The number of nitrogens with zero attached hydrogens (tertiary/aromatic N) is 1. The first-order valence-electron chi connectivity index (χ1n) is 11.3. The Hall–Kier alpha value is -3.52. The van der Waals surface area contributed by atoms with Crippen LogP contribution < -0.4 is 16.4 Å². The number of rotatable bonds is 6. The fraction of sp³-hybridized carbons (Fsp3) is 0.360. The molecule has 0 saturated carbocycles. The minimum absolute atomic E-state index is 0.134. The van der Waals surface area contributed by atoms with Crippen molar-refractivity contribution in [3.8, 4) is 0 Å². The standard InChI is InChI=1S/C25H26N4O4/c1-2-14-8-9-17-16(12-14)25(24(33)27-17)21-20(18(28-25)13-19(26)30)22(31)29(23(21)32)11-10-15-6-4-3-5-7-15/h3-9,12,18,20-21,28H,2,10-11,13H2,1H3,(H2,26,30)(H,27,33)/t18-,20-,21-,25-/m1/s1. The molecule has 3 aliphatic heterocycles. The summed E-state index contributed by atoms with van der Waals surface area (Å²) in [7, 11) is 0. The third-order valence-corrected chi connectivity index (χ3v) is 7.17. The summed E-state index contributed by atoms with van der Waals surface area (Å²) in [6, 6.07) is 14.6. The van der Waals surface area contributed by atoms with Crippen molar-refractivity contribution in [2.45, 2.75) is 37.8 Å². The van der Waals surface area contributed by atoms with Gasteiger partial charge < -0.3 is 11.1 Å². The van der Waals surface area contributed by atoms with E-state index in [1.807, 2.05) is 55.5 Å². The van der Waals surface area contributed by atoms with E-state index in [1.54, 1.807) is 0 Å². The molecular formula is C25H26N4O4. The van der Waals surface area contributed by atoms with Crippen molar-refractivity contribution in [3.05, 3.63) is 65.2 Å². The Bertz CT molecular complexity index is 1160. The number of benzene rings is 2. The number of imide groups is 1. The highest BCUT2D eigenvalue weighted by Crippen LogP contribution is 2.53. The number of nitrogens with two attached hydrogens (primary N) is 1. The summed E-state index contributed by atoms with van der Waals surface area (Å²) in [5.74, 6) is -3.47. The van der Waals surface area contributed by atoms with Gasteiger partial charge >= 0.3 is 0 Å². The lowest BCUT2D eigenvalue weighted by Crippen LogP contribution is -2.53. The van der Waals surface area contributed by atoms with Crippen LogP contribution in [0.15, 0.2) is 48.5 Å². The molecule has 0 unspecified atom stereocenters. The number of fused-ring (bicyclic) bond motifs is 4. The van der Waals surface area contributed by atoms with E-state index in [1.165, 1.54) is 4.90 Å². The van der Waals surface area contributed by atoms with E-state index in [9.17, 15) is 19.2 Å². The number of hydrogen-bond acceptors (Lipinski definition) is 5. The fourth-order valence-corrected chi connectivity index (χ4v) is 5.63. The van der Waals surface area contributed by atoms with Crippen LogP contribution in [-0.4, -0.2) is 41.1 Å². The first kappa shape index (κ1) is 21.3. The lowest BCUT2D eigenvalue weighted by molar-refractivity contribution is -0.142. The number of amides is 4. The molecule has 4 N–H and O–H groups in total. The van der Waals surface area contributed by atoms with Crippen molar-refractivity contribution in [2.75, 3.05) is 11.9 Å². The number of hydrogen-bond donors (Lipinski definition) is 3. The number of anilines is 1. The zero-order valence-corrected chi connectivity index (χ0v) is 18.3. The molecule has 0 aliphatic carbocycles. The number of carbonyl (C=O) groups is 4. The summed E-state index contributed by atoms with van der Waals surface area (Å²) < 4.78 is 0. The molecule has 2 aromatic rings. The predicted molar refractivity (Wildman–Crippen MR) is 121 cm³/mol. The van der Waals surface area contributed by atoms with Gasteiger partial charge in [0.1, 0.15) is 5.54 Å². The Labute approximate surface area is 191 Å². The second kappa shape index (κ2) is 7.81. The summed E-state index contributed by atoms with van der Waals surface area (Å²) in [4.78, 5) is 53.6. The minimum atomic E-state index is -1.40. The van der Waals surface area contributed by atoms with Crippen LogP contribution in [0.25, 0.3) is 0 Å². The molecule has 1 spiro atoms. The Balaban J connectivity index is 1.56. The molecule has 33 heavy (non-hydrogen) atoms. The van der Waals surface area contributed by atoms with E-state index < -0.39 is 29.3 Å². The fourth-order valence-electron chi connectivity index (χ4n) is 5.63. The zero-order valence-electron chi connectivity index (χ0n) is 18.3. The second-order valence-electron chi connectivity index (χ2n) is 8.98. The molecule has 3 aliphatic rings. The van der Waals surface area contributed by atoms with E-state index in [0.717, 1.165) is 17.5 Å². The summed E-state index contributed by atoms with van der Waals surface area (Å²) in [5.41, 5.74) is 7.36. The molecule has 0 bridgehead atoms. The van der Waals surface area contributed by atoms with E-state index >= 15 is 0 Å². The van der Waals surface area contributed by atoms with E-state index in [4.69, 9.17) is 5.73 Å². The normalized spacial score (nSPS) is 27.7. The van der Waals surface area contributed by atoms with Crippen LogP contribution in [0.4, 0.5) is 5.69 Å². The average Bonchev–Trinajstić information content (AvgIpc) is 3.37. The number of likely N-dealkylation sites (tertiary alicyclic amines) is 1. The van der Waals surface area contributed by atoms with Gasteiger partial charge in [-0.2, -0.15) is 0 Å². The monoisotopic (exact) mass is 446 g/mol. The molecule has 0 aromatic heterocycles. The maximum absolute atomic E-state index is 13.7. The van der Waals surface area contributed by atoms with Crippen molar-refractivity contribution >= 4 is 29.3 Å². The maximum Gasteiger partial charge on any atom is 0.250 e. The van der Waals surface area contributed by atoms with Gasteiger partial charge in [0.2, 0.25) is 23.6 Å². The van der Waals surface area contributed by atoms with Gasteiger partial charge in [0, 0.05) is 30.3 Å². The highest BCUT2D eigenvalue weighted by atomic mass is 16.2. The molecule has 8 heteroatoms. The molecule has 5 rings (SSSR count). The summed E-state index contributed by atoms with van der Waals surface area (Å²) in [6.45, 7) is 2.23. The third kappa shape index (κ3) is 3.16. The van der Waals surface area contributed by atoms with Gasteiger partial charge in [0.25, 0.3) is 0 Å². The van der Waals surface area contributed by atoms with Gasteiger partial charge in [-0.15, -0.1) is 0 Å². The quantitative estimate of drug-likeness (QED) is 0.574. The Morgan fingerprint density at radius 2 is 1.82 bits per heavy atom. The predicted octanol–water partition coefficient (Wildman–Crippen LogP) is 1.09. The van der Waals surface area contributed by atoms with E-state index in [-0.39, 0.29) is 30.7 Å². The number of carbonyl (C=O) groups excluding carboxylic acids is 4. The molecule has 0 radical (unpaired) electrons. The van der Waals surface area contributed by atoms with Gasteiger partial charge in [-0.1, -0.05) is 49.4 Å². The van der Waals surface area contributed by atoms with Crippen LogP contribution in [0, 0.1) is 11.8 Å². The van der Waals surface area contributed by atoms with Crippen molar-refractivity contribution in [1.29, 1.82) is 0 Å². The Morgan fingerprint density at radius 3 is 2.52 bits per heavy atom. The van der Waals surface area contributed by atoms with Gasteiger partial charge in [0.05, 0.1) is 11.8 Å². The van der Waals surface area contributed by atoms with Gasteiger partial charge in [-0.25, -0.2) is 0 Å². The van der Waals surface area contributed by atoms with Gasteiger partial charge in [-0.05, 0) is 30.0 Å². The van der Waals surface area contributed by atoms with Crippen LogP contribution >= 0.6 is 0 Å². The molecule has 170 valence electrons. The average molecular weight is 447 g/mol. The largest absolute Gasteiger partial charge is 0.370 e. The summed E-state index contributed by atoms with van der Waals surface area (Å²) in [5, 5.41) is 6.11. The molecule has 2 fully saturated rings. The zero-order chi connectivity index (χ0) is 23.3. The first-order valence-corrected chi connectivity index (χ1v) is 11.3. The molecule has 2 aromatic carbocycles. The minimum Gasteiger partial charge on any atom is -0.370 e. The van der Waals surface area contributed by atoms with Crippen molar-refractivity contribution in [2.24, 2.45) is 17.6 Å². The van der Waals surface area contributed by atoms with Crippen molar-refractivity contribution < 1.29 is 19.2 Å². The van der Waals surface area contributed by atoms with E-state index in [0.29, 0.717) is 17.7 Å². The van der Waals surface area contributed by atoms with E-state index in [2.05, 4.69) is 10.6 Å². The number of aryl methyl sites for hydroxylation is 1. The third-order valence-electron chi connectivity index (χ3n) is 7.17. The SMILES string of the molecule is CCc1ccc2c(c1)[C@]1(N[C@H](CC(N)=O)[C@H]3C(=O)N(CCc4ccccc4)C(=O)[C@@H]31)C(=O)N2.